The number of carbonyl (C=O) groups is 2. The number of pyridine rings is 1. The van der Waals surface area contributed by atoms with Gasteiger partial charge in [0.15, 0.2) is 10.8 Å². The SMILES string of the molecule is CC(C)(C)OC(=O)c1ccc(Nc2cc(Cl)nnc2C(=O)O)cn1. The largest absolute Gasteiger partial charge is 0.476 e. The van der Waals surface area contributed by atoms with E-state index >= 15 is 0 Å². The summed E-state index contributed by atoms with van der Waals surface area (Å²) in [4.78, 5) is 27.0. The molecule has 8 nitrogen and oxygen atoms in total. The van der Waals surface area contributed by atoms with E-state index < -0.39 is 17.5 Å². The van der Waals surface area contributed by atoms with E-state index in [1.807, 2.05) is 0 Å². The van der Waals surface area contributed by atoms with Crippen LogP contribution in [-0.2, 0) is 4.74 Å². The predicted molar refractivity (Wildman–Crippen MR) is 86.7 cm³/mol. The van der Waals surface area contributed by atoms with E-state index in [0.717, 1.165) is 0 Å². The lowest BCUT2D eigenvalue weighted by molar-refractivity contribution is 0.00627. The zero-order chi connectivity index (χ0) is 17.9. The lowest BCUT2D eigenvalue weighted by Gasteiger charge is -2.19. The van der Waals surface area contributed by atoms with Crippen molar-refractivity contribution in [3.8, 4) is 0 Å². The number of carbonyl (C=O) groups excluding carboxylic acids is 1. The molecule has 0 radical (unpaired) electrons. The zero-order valence-electron chi connectivity index (χ0n) is 13.2. The van der Waals surface area contributed by atoms with E-state index in [1.165, 1.54) is 18.3 Å². The number of rotatable bonds is 4. The number of hydrogen-bond donors (Lipinski definition) is 2. The summed E-state index contributed by atoms with van der Waals surface area (Å²) in [6.07, 6.45) is 1.37. The number of halogens is 1. The van der Waals surface area contributed by atoms with Crippen LogP contribution in [0.2, 0.25) is 5.15 Å². The minimum absolute atomic E-state index is 0.0424. The van der Waals surface area contributed by atoms with Gasteiger partial charge < -0.3 is 15.2 Å². The van der Waals surface area contributed by atoms with Crippen molar-refractivity contribution in [3.63, 3.8) is 0 Å². The minimum atomic E-state index is -1.25. The van der Waals surface area contributed by atoms with Crippen molar-refractivity contribution >= 4 is 34.9 Å². The number of esters is 1. The van der Waals surface area contributed by atoms with Crippen LogP contribution >= 0.6 is 11.6 Å². The molecule has 0 fully saturated rings. The second-order valence-corrected chi connectivity index (χ2v) is 6.18. The first kappa shape index (κ1) is 17.6. The Morgan fingerprint density at radius 2 is 1.96 bits per heavy atom. The van der Waals surface area contributed by atoms with E-state index in [4.69, 9.17) is 21.4 Å². The molecule has 0 bridgehead atoms. The molecular formula is C15H15ClN4O4. The van der Waals surface area contributed by atoms with Gasteiger partial charge in [0.05, 0.1) is 17.6 Å². The highest BCUT2D eigenvalue weighted by Crippen LogP contribution is 2.21. The predicted octanol–water partition coefficient (Wildman–Crippen LogP) is 2.92. The first-order chi connectivity index (χ1) is 11.2. The molecule has 0 amide bonds. The Hall–Kier alpha value is -2.74. The van der Waals surface area contributed by atoms with Crippen molar-refractivity contribution in [2.75, 3.05) is 5.32 Å². The summed E-state index contributed by atoms with van der Waals surface area (Å²) in [5.41, 5.74) is -0.149. The molecule has 0 saturated carbocycles. The van der Waals surface area contributed by atoms with Gasteiger partial charge in [0, 0.05) is 6.07 Å². The lowest BCUT2D eigenvalue weighted by atomic mass is 10.2. The topological polar surface area (TPSA) is 114 Å². The van der Waals surface area contributed by atoms with Crippen molar-refractivity contribution in [2.24, 2.45) is 0 Å². The molecule has 0 aliphatic carbocycles. The van der Waals surface area contributed by atoms with E-state index in [-0.39, 0.29) is 22.2 Å². The number of anilines is 2. The summed E-state index contributed by atoms with van der Waals surface area (Å²) in [5, 5.41) is 19.0. The Balaban J connectivity index is 2.20. The molecular weight excluding hydrogens is 336 g/mol. The number of nitrogens with zero attached hydrogens (tertiary/aromatic N) is 3. The number of carboxylic acids is 1. The van der Waals surface area contributed by atoms with Crippen LogP contribution in [0, 0.1) is 0 Å². The van der Waals surface area contributed by atoms with Gasteiger partial charge in [0.1, 0.15) is 11.3 Å². The van der Waals surface area contributed by atoms with Crippen LogP contribution < -0.4 is 5.32 Å². The smallest absolute Gasteiger partial charge is 0.358 e. The highest BCUT2D eigenvalue weighted by atomic mass is 35.5. The van der Waals surface area contributed by atoms with Crippen LogP contribution in [0.4, 0.5) is 11.4 Å². The van der Waals surface area contributed by atoms with Crippen molar-refractivity contribution in [3.05, 3.63) is 40.9 Å². The third kappa shape index (κ3) is 4.63. The molecule has 126 valence electrons. The molecule has 2 aromatic heterocycles. The maximum absolute atomic E-state index is 11.9. The second kappa shape index (κ2) is 6.79. The van der Waals surface area contributed by atoms with E-state index in [1.54, 1.807) is 26.8 Å². The number of aromatic carboxylic acids is 1. The van der Waals surface area contributed by atoms with Crippen LogP contribution in [0.3, 0.4) is 0 Å². The normalized spacial score (nSPS) is 11.0. The summed E-state index contributed by atoms with van der Waals surface area (Å²) >= 11 is 5.73. The van der Waals surface area contributed by atoms with Gasteiger partial charge in [-0.3, -0.25) is 0 Å². The first-order valence-corrected chi connectivity index (χ1v) is 7.26. The van der Waals surface area contributed by atoms with Crippen molar-refractivity contribution in [1.82, 2.24) is 15.2 Å². The molecule has 0 unspecified atom stereocenters. The number of ether oxygens (including phenoxy) is 1. The van der Waals surface area contributed by atoms with E-state index in [2.05, 4.69) is 20.5 Å². The van der Waals surface area contributed by atoms with Crippen LogP contribution in [0.1, 0.15) is 41.7 Å². The molecule has 2 heterocycles. The minimum Gasteiger partial charge on any atom is -0.476 e. The third-order valence-electron chi connectivity index (χ3n) is 2.62. The maximum atomic E-state index is 11.9. The average Bonchev–Trinajstić information content (AvgIpc) is 2.46. The molecule has 2 aromatic rings. The second-order valence-electron chi connectivity index (χ2n) is 5.79. The fourth-order valence-corrected chi connectivity index (χ4v) is 1.84. The van der Waals surface area contributed by atoms with Gasteiger partial charge in [0.25, 0.3) is 0 Å². The Morgan fingerprint density at radius 1 is 1.25 bits per heavy atom. The molecule has 0 atom stereocenters. The van der Waals surface area contributed by atoms with Crippen LogP contribution in [0.15, 0.2) is 24.4 Å². The summed E-state index contributed by atoms with van der Waals surface area (Å²) in [5.74, 6) is -1.80. The van der Waals surface area contributed by atoms with Crippen molar-refractivity contribution in [1.29, 1.82) is 0 Å². The van der Waals surface area contributed by atoms with Crippen molar-refractivity contribution in [2.45, 2.75) is 26.4 Å². The van der Waals surface area contributed by atoms with E-state index in [0.29, 0.717) is 5.69 Å². The van der Waals surface area contributed by atoms with Crippen LogP contribution in [0.25, 0.3) is 0 Å². The van der Waals surface area contributed by atoms with Crippen LogP contribution in [0.5, 0.6) is 0 Å². The number of carboxylic acid groups (broad SMARTS) is 1. The van der Waals surface area contributed by atoms with Crippen molar-refractivity contribution < 1.29 is 19.4 Å². The summed E-state index contributed by atoms with van der Waals surface area (Å²) < 4.78 is 5.21. The Bertz CT molecular complexity index is 772. The monoisotopic (exact) mass is 350 g/mol. The molecule has 0 aliphatic rings. The number of hydrogen-bond acceptors (Lipinski definition) is 7. The fraction of sp³-hybridized carbons (Fsp3) is 0.267. The Morgan fingerprint density at radius 3 is 2.50 bits per heavy atom. The van der Waals surface area contributed by atoms with Gasteiger partial charge in [-0.2, -0.15) is 0 Å². The molecule has 9 heteroatoms. The molecule has 24 heavy (non-hydrogen) atoms. The van der Waals surface area contributed by atoms with Gasteiger partial charge in [-0.05, 0) is 32.9 Å². The molecule has 2 rings (SSSR count). The van der Waals surface area contributed by atoms with Gasteiger partial charge in [0.2, 0.25) is 0 Å². The molecule has 0 aliphatic heterocycles. The lowest BCUT2D eigenvalue weighted by Crippen LogP contribution is -2.24. The molecule has 0 saturated heterocycles. The van der Waals surface area contributed by atoms with Gasteiger partial charge >= 0.3 is 11.9 Å². The summed E-state index contributed by atoms with van der Waals surface area (Å²) in [7, 11) is 0. The highest BCUT2D eigenvalue weighted by Gasteiger charge is 2.19. The quantitative estimate of drug-likeness (QED) is 0.809. The third-order valence-corrected chi connectivity index (χ3v) is 2.80. The standard InChI is InChI=1S/C15H15ClN4O4/c1-15(2,3)24-14(23)9-5-4-8(7-17-9)18-10-6-11(16)19-20-12(10)13(21)22/h4-7H,1-3H3,(H,18,19)(H,21,22). The average molecular weight is 351 g/mol. The molecule has 0 aromatic carbocycles. The maximum Gasteiger partial charge on any atom is 0.358 e. The molecule has 2 N–H and O–H groups in total. The van der Waals surface area contributed by atoms with E-state index in [9.17, 15) is 9.59 Å². The van der Waals surface area contributed by atoms with Crippen LogP contribution in [-0.4, -0.2) is 37.8 Å². The first-order valence-electron chi connectivity index (χ1n) is 6.88. The van der Waals surface area contributed by atoms with Gasteiger partial charge in [-0.25, -0.2) is 14.6 Å². The van der Waals surface area contributed by atoms with Gasteiger partial charge in [-0.1, -0.05) is 11.6 Å². The molecule has 0 spiro atoms. The fourth-order valence-electron chi connectivity index (χ4n) is 1.70. The van der Waals surface area contributed by atoms with Gasteiger partial charge in [-0.15, -0.1) is 10.2 Å². The highest BCUT2D eigenvalue weighted by molar-refractivity contribution is 6.29. The summed E-state index contributed by atoms with van der Waals surface area (Å²) in [6.45, 7) is 5.28. The summed E-state index contributed by atoms with van der Waals surface area (Å²) in [6, 6.07) is 4.36. The Labute approximate surface area is 142 Å². The number of nitrogens with one attached hydrogen (secondary N) is 1. The zero-order valence-corrected chi connectivity index (χ0v) is 14.0. The number of aromatic nitrogens is 3. The Kier molecular flexibility index (Phi) is 4.99.